The van der Waals surface area contributed by atoms with Crippen LogP contribution in [0, 0.1) is 0 Å². The molecule has 1 unspecified atom stereocenters. The first-order valence-electron chi connectivity index (χ1n) is 16.1. The van der Waals surface area contributed by atoms with Gasteiger partial charge in [-0.1, -0.05) is 61.5 Å². The highest BCUT2D eigenvalue weighted by molar-refractivity contribution is 7.14. The maximum absolute atomic E-state index is 13.0. The zero-order valence-electron chi connectivity index (χ0n) is 28.1. The zero-order chi connectivity index (χ0) is 34.3. The van der Waals surface area contributed by atoms with E-state index in [4.69, 9.17) is 42.1 Å². The molecule has 1 aliphatic heterocycles. The van der Waals surface area contributed by atoms with Crippen molar-refractivity contribution in [2.75, 3.05) is 32.2 Å². The third-order valence-corrected chi connectivity index (χ3v) is 8.89. The second-order valence-corrected chi connectivity index (χ2v) is 12.9. The molecule has 2 atom stereocenters. The Hall–Kier alpha value is -2.95. The van der Waals surface area contributed by atoms with E-state index < -0.39 is 11.9 Å². The number of para-hydroxylation sites is 1. The van der Waals surface area contributed by atoms with E-state index in [0.29, 0.717) is 40.4 Å². The van der Waals surface area contributed by atoms with Gasteiger partial charge in [-0.05, 0) is 71.2 Å². The smallest absolute Gasteiger partial charge is 0.333 e. The summed E-state index contributed by atoms with van der Waals surface area (Å²) in [5.41, 5.74) is 3.45. The Bertz CT molecular complexity index is 1480. The Labute approximate surface area is 292 Å². The van der Waals surface area contributed by atoms with E-state index in [-0.39, 0.29) is 28.3 Å². The van der Waals surface area contributed by atoms with E-state index in [9.17, 15) is 9.59 Å². The summed E-state index contributed by atoms with van der Waals surface area (Å²) < 4.78 is 22.0. The highest BCUT2D eigenvalue weighted by atomic mass is 35.5. The molecule has 1 fully saturated rings. The molecule has 1 N–H and O–H groups in total. The lowest BCUT2D eigenvalue weighted by molar-refractivity contribution is -0.138. The Morgan fingerprint density at radius 3 is 2.51 bits per heavy atom. The molecule has 8 nitrogen and oxygen atoms in total. The van der Waals surface area contributed by atoms with E-state index in [1.54, 1.807) is 21.0 Å². The van der Waals surface area contributed by atoms with Crippen molar-refractivity contribution in [3.63, 3.8) is 0 Å². The molecular weight excluding hydrogens is 659 g/mol. The number of nitrogens with zero attached hydrogens (tertiary/aromatic N) is 1. The van der Waals surface area contributed by atoms with Gasteiger partial charge < -0.3 is 18.9 Å². The maximum atomic E-state index is 13.0. The molecule has 4 rings (SSSR count). The number of carbonyl (C=O) groups is 2. The normalized spacial score (nSPS) is 15.1. The monoisotopic (exact) mass is 704 g/mol. The highest BCUT2D eigenvalue weighted by Gasteiger charge is 2.20. The lowest BCUT2D eigenvalue weighted by Crippen LogP contribution is -2.12. The minimum atomic E-state index is -0.465. The number of amides is 1. The number of carbonyl (C=O) groups excluding carboxylic acids is 2. The van der Waals surface area contributed by atoms with E-state index in [1.807, 2.05) is 30.5 Å². The van der Waals surface area contributed by atoms with Crippen molar-refractivity contribution in [2.24, 2.45) is 0 Å². The van der Waals surface area contributed by atoms with Crippen molar-refractivity contribution >= 4 is 57.6 Å². The number of aromatic nitrogens is 1. The highest BCUT2D eigenvalue weighted by Crippen LogP contribution is 2.38. The number of esters is 1. The molecule has 256 valence electrons. The Morgan fingerprint density at radius 1 is 1.17 bits per heavy atom. The van der Waals surface area contributed by atoms with E-state index in [2.05, 4.69) is 24.1 Å². The molecule has 1 saturated heterocycles. The minimum Gasteiger partial charge on any atom is -0.496 e. The first kappa shape index (κ1) is 38.5. The lowest BCUT2D eigenvalue weighted by Gasteiger charge is -2.18. The van der Waals surface area contributed by atoms with Crippen molar-refractivity contribution in [1.82, 2.24) is 4.98 Å². The van der Waals surface area contributed by atoms with Gasteiger partial charge in [0.2, 0.25) is 0 Å². The summed E-state index contributed by atoms with van der Waals surface area (Å²) in [6, 6.07) is 8.87. The third kappa shape index (κ3) is 11.6. The second kappa shape index (κ2) is 19.8. The summed E-state index contributed by atoms with van der Waals surface area (Å²) in [5, 5.41) is 5.55. The van der Waals surface area contributed by atoms with Crippen LogP contribution in [0.25, 0.3) is 17.3 Å². The van der Waals surface area contributed by atoms with E-state index in [1.165, 1.54) is 55.2 Å². The molecule has 0 aliphatic carbocycles. The number of rotatable bonds is 14. The molecule has 1 aromatic heterocycles. The minimum absolute atomic E-state index is 0.141. The molecule has 11 heteroatoms. The SMILES string of the molecule is CC1CCCO1.CCCCCCO[C@@H](C)c1cccc(-c2csc(NC(=O)c3cc(Cl)c(/C=C(\C)C(=O)OCC)c(Cl)c3)n2)c1OC. The van der Waals surface area contributed by atoms with Gasteiger partial charge in [0.05, 0.1) is 41.7 Å². The fourth-order valence-electron chi connectivity index (χ4n) is 4.92. The number of hydrogen-bond donors (Lipinski definition) is 1. The fourth-order valence-corrected chi connectivity index (χ4v) is 6.22. The third-order valence-electron chi connectivity index (χ3n) is 7.51. The Morgan fingerprint density at radius 2 is 1.91 bits per heavy atom. The fraction of sp³-hybridized carbons (Fsp3) is 0.472. The average molecular weight is 706 g/mol. The number of hydrogen-bond acceptors (Lipinski definition) is 8. The summed E-state index contributed by atoms with van der Waals surface area (Å²) >= 11 is 14.1. The van der Waals surface area contributed by atoms with Crippen LogP contribution in [0.1, 0.15) is 101 Å². The molecule has 2 heterocycles. The summed E-state index contributed by atoms with van der Waals surface area (Å²) in [5.74, 6) is -0.192. The standard InChI is InChI=1S/C31H36Cl2N2O5S.C5H10O/c1-6-8-9-10-14-40-20(4)22-12-11-13-23(28(22)38-5)27-18-41-31(34-27)35-29(36)21-16-25(32)24(26(33)17-21)15-19(3)30(37)39-7-2;1-5-3-2-4-6-5/h11-13,15-18,20H,6-10,14H2,1-5H3,(H,34,35,36);5H,2-4H2,1H3/b19-15+;/t20-;/m0./s1. The number of thiazole rings is 1. The number of methoxy groups -OCH3 is 1. The molecule has 2 aromatic carbocycles. The number of halogens is 2. The molecule has 0 spiro atoms. The summed E-state index contributed by atoms with van der Waals surface area (Å²) in [6.45, 7) is 11.6. The molecule has 0 saturated carbocycles. The topological polar surface area (TPSA) is 96.0 Å². The summed E-state index contributed by atoms with van der Waals surface area (Å²) in [4.78, 5) is 29.6. The predicted octanol–water partition coefficient (Wildman–Crippen LogP) is 10.2. The molecule has 1 aliphatic rings. The predicted molar refractivity (Wildman–Crippen MR) is 192 cm³/mol. The molecule has 3 aromatic rings. The van der Waals surface area contributed by atoms with Gasteiger partial charge in [-0.15, -0.1) is 11.3 Å². The van der Waals surface area contributed by atoms with Crippen LogP contribution in [0.2, 0.25) is 10.0 Å². The van der Waals surface area contributed by atoms with E-state index >= 15 is 0 Å². The lowest BCUT2D eigenvalue weighted by atomic mass is 10.0. The van der Waals surface area contributed by atoms with Gasteiger partial charge in [-0.2, -0.15) is 0 Å². The molecule has 1 amide bonds. The van der Waals surface area contributed by atoms with Crippen molar-refractivity contribution in [1.29, 1.82) is 0 Å². The summed E-state index contributed by atoms with van der Waals surface area (Å²) in [6.07, 6.45) is 9.05. The number of anilines is 1. The van der Waals surface area contributed by atoms with Crippen molar-refractivity contribution < 1.29 is 28.5 Å². The number of ether oxygens (including phenoxy) is 4. The van der Waals surface area contributed by atoms with Crippen LogP contribution in [-0.2, 0) is 19.0 Å². The van der Waals surface area contributed by atoms with Crippen molar-refractivity contribution in [3.8, 4) is 17.0 Å². The number of unbranched alkanes of at least 4 members (excludes halogenated alkanes) is 3. The quantitative estimate of drug-likeness (QED) is 0.101. The van der Waals surface area contributed by atoms with Crippen LogP contribution >= 0.6 is 34.5 Å². The van der Waals surface area contributed by atoms with Crippen molar-refractivity contribution in [2.45, 2.75) is 85.4 Å². The Balaban J connectivity index is 0.000000896. The van der Waals surface area contributed by atoms with Crippen LogP contribution in [0.3, 0.4) is 0 Å². The first-order valence-corrected chi connectivity index (χ1v) is 17.7. The van der Waals surface area contributed by atoms with Crippen LogP contribution in [0.5, 0.6) is 5.75 Å². The second-order valence-electron chi connectivity index (χ2n) is 11.2. The molecular formula is C36H46Cl2N2O6S. The van der Waals surface area contributed by atoms with Gasteiger partial charge in [0.1, 0.15) is 5.75 Å². The van der Waals surface area contributed by atoms with Crippen LogP contribution < -0.4 is 10.1 Å². The molecule has 47 heavy (non-hydrogen) atoms. The number of nitrogens with one attached hydrogen (secondary N) is 1. The van der Waals surface area contributed by atoms with Gasteiger partial charge in [0.15, 0.2) is 5.13 Å². The van der Waals surface area contributed by atoms with Gasteiger partial charge in [-0.25, -0.2) is 9.78 Å². The van der Waals surface area contributed by atoms with Gasteiger partial charge in [0, 0.05) is 46.4 Å². The van der Waals surface area contributed by atoms with Gasteiger partial charge in [-0.3, -0.25) is 10.1 Å². The van der Waals surface area contributed by atoms with Gasteiger partial charge >= 0.3 is 5.97 Å². The number of benzene rings is 2. The van der Waals surface area contributed by atoms with Gasteiger partial charge in [0.25, 0.3) is 5.91 Å². The maximum Gasteiger partial charge on any atom is 0.333 e. The zero-order valence-corrected chi connectivity index (χ0v) is 30.4. The summed E-state index contributed by atoms with van der Waals surface area (Å²) in [7, 11) is 1.63. The van der Waals surface area contributed by atoms with E-state index in [0.717, 1.165) is 30.6 Å². The molecule has 0 radical (unpaired) electrons. The van der Waals surface area contributed by atoms with Crippen molar-refractivity contribution in [3.05, 3.63) is 68.0 Å². The van der Waals surface area contributed by atoms with Crippen LogP contribution in [-0.4, -0.2) is 49.9 Å². The first-order chi connectivity index (χ1) is 22.6. The van der Waals surface area contributed by atoms with Crippen LogP contribution in [0.4, 0.5) is 5.13 Å². The molecule has 0 bridgehead atoms. The largest absolute Gasteiger partial charge is 0.496 e. The van der Waals surface area contributed by atoms with Crippen LogP contribution in [0.15, 0.2) is 41.3 Å². The average Bonchev–Trinajstić information content (AvgIpc) is 3.73. The Kier molecular flexibility index (Phi) is 16.2.